The summed E-state index contributed by atoms with van der Waals surface area (Å²) in [5.41, 5.74) is 5.14. The molecule has 4 amide bonds. The van der Waals surface area contributed by atoms with Crippen LogP contribution in [0.2, 0.25) is 0 Å². The van der Waals surface area contributed by atoms with Gasteiger partial charge in [-0.25, -0.2) is 9.59 Å². The van der Waals surface area contributed by atoms with Crippen LogP contribution in [0.5, 0.6) is 0 Å². The summed E-state index contributed by atoms with van der Waals surface area (Å²) >= 11 is 0. The number of nitrogens with zero attached hydrogens (tertiary/aromatic N) is 1. The number of rotatable bonds is 4. The molecule has 3 aliphatic rings. The number of carbonyl (C=O) groups is 4. The highest BCUT2D eigenvalue weighted by Gasteiger charge is 2.52. The van der Waals surface area contributed by atoms with Gasteiger partial charge in [-0.05, 0) is 80.5 Å². The molecule has 2 aromatic rings. The summed E-state index contributed by atoms with van der Waals surface area (Å²) in [5, 5.41) is 4.46. The lowest BCUT2D eigenvalue weighted by atomic mass is 9.77. The van der Waals surface area contributed by atoms with Crippen molar-refractivity contribution >= 4 is 34.7 Å². The van der Waals surface area contributed by atoms with Crippen LogP contribution in [0.3, 0.4) is 0 Å². The van der Waals surface area contributed by atoms with E-state index in [1.54, 1.807) is 12.1 Å². The minimum Gasteiger partial charge on any atom is -0.452 e. The number of amides is 4. The number of aryl methyl sites for hydroxylation is 1. The molecule has 9 heteroatoms. The molecule has 2 heterocycles. The summed E-state index contributed by atoms with van der Waals surface area (Å²) in [5.74, 6) is -0.746. The summed E-state index contributed by atoms with van der Waals surface area (Å²) in [6.45, 7) is 3.74. The van der Waals surface area contributed by atoms with Crippen molar-refractivity contribution in [3.63, 3.8) is 0 Å². The van der Waals surface area contributed by atoms with Crippen molar-refractivity contribution in [3.05, 3.63) is 35.0 Å². The Hall–Kier alpha value is -3.36. The lowest BCUT2D eigenvalue weighted by Crippen LogP contribution is -2.52. The van der Waals surface area contributed by atoms with E-state index < -0.39 is 36.0 Å². The van der Waals surface area contributed by atoms with E-state index in [9.17, 15) is 19.2 Å². The number of hydrazine groups is 1. The van der Waals surface area contributed by atoms with Gasteiger partial charge in [0.15, 0.2) is 6.61 Å². The Bertz CT molecular complexity index is 1180. The van der Waals surface area contributed by atoms with Gasteiger partial charge in [0.1, 0.15) is 5.54 Å². The minimum atomic E-state index is -0.948. The molecule has 1 aromatic carbocycles. The first-order chi connectivity index (χ1) is 16.3. The Balaban J connectivity index is 1.21. The van der Waals surface area contributed by atoms with Crippen molar-refractivity contribution in [2.45, 2.75) is 64.3 Å². The van der Waals surface area contributed by atoms with Crippen LogP contribution in [0.25, 0.3) is 10.9 Å². The second kappa shape index (κ2) is 8.45. The molecule has 1 saturated carbocycles. The maximum atomic E-state index is 12.9. The predicted molar refractivity (Wildman–Crippen MR) is 124 cm³/mol. The molecule has 9 nitrogen and oxygen atoms in total. The number of hydrogen-bond donors (Lipinski definition) is 3. The van der Waals surface area contributed by atoms with Gasteiger partial charge in [0.05, 0.1) is 5.56 Å². The monoisotopic (exact) mass is 466 g/mol. The molecule has 1 unspecified atom stereocenters. The number of nitrogens with one attached hydrogen (secondary N) is 3. The minimum absolute atomic E-state index is 0.352. The van der Waals surface area contributed by atoms with Crippen molar-refractivity contribution < 1.29 is 23.9 Å². The van der Waals surface area contributed by atoms with E-state index in [-0.39, 0.29) is 0 Å². The first kappa shape index (κ1) is 22.4. The van der Waals surface area contributed by atoms with E-state index in [4.69, 9.17) is 4.74 Å². The number of hydrogen-bond acceptors (Lipinski definition) is 5. The molecular formula is C25H30N4O5. The van der Waals surface area contributed by atoms with Gasteiger partial charge in [0.25, 0.3) is 11.8 Å². The number of aromatic nitrogens is 1. The van der Waals surface area contributed by atoms with Crippen LogP contribution in [0.15, 0.2) is 18.2 Å². The van der Waals surface area contributed by atoms with Crippen LogP contribution in [0.4, 0.5) is 4.79 Å². The van der Waals surface area contributed by atoms with E-state index in [2.05, 4.69) is 29.6 Å². The molecule has 180 valence electrons. The second-order valence-electron chi connectivity index (χ2n) is 10.1. The average Bonchev–Trinajstić information content (AvgIpc) is 3.29. The smallest absolute Gasteiger partial charge is 0.344 e. The van der Waals surface area contributed by atoms with Gasteiger partial charge in [0.2, 0.25) is 0 Å². The second-order valence-corrected chi connectivity index (χ2v) is 10.1. The molecule has 1 aromatic heterocycles. The van der Waals surface area contributed by atoms with Crippen molar-refractivity contribution in [3.8, 4) is 0 Å². The molecule has 2 fully saturated rings. The first-order valence-electron chi connectivity index (χ1n) is 12.0. The van der Waals surface area contributed by atoms with Gasteiger partial charge in [0, 0.05) is 16.6 Å². The molecule has 1 spiro atoms. The highest BCUT2D eigenvalue weighted by atomic mass is 16.5. The number of aromatic amines is 1. The number of H-pyrrole nitrogens is 1. The maximum Gasteiger partial charge on any atom is 0.344 e. The lowest BCUT2D eigenvalue weighted by Gasteiger charge is -2.33. The average molecular weight is 467 g/mol. The summed E-state index contributed by atoms with van der Waals surface area (Å²) in [6.07, 6.45) is 5.85. The third-order valence-corrected chi connectivity index (χ3v) is 7.53. The normalized spacial score (nSPS) is 26.5. The van der Waals surface area contributed by atoms with E-state index >= 15 is 0 Å². The number of esters is 1. The topological polar surface area (TPSA) is 121 Å². The molecular weight excluding hydrogens is 436 g/mol. The van der Waals surface area contributed by atoms with Crippen LogP contribution in [-0.4, -0.2) is 46.0 Å². The molecule has 2 aliphatic carbocycles. The zero-order chi connectivity index (χ0) is 24.0. The van der Waals surface area contributed by atoms with Crippen molar-refractivity contribution in [2.24, 2.45) is 11.8 Å². The van der Waals surface area contributed by atoms with Gasteiger partial charge < -0.3 is 15.0 Å². The van der Waals surface area contributed by atoms with E-state index in [1.807, 2.05) is 6.07 Å². The highest BCUT2D eigenvalue weighted by Crippen LogP contribution is 2.36. The van der Waals surface area contributed by atoms with Crippen LogP contribution in [-0.2, 0) is 27.2 Å². The van der Waals surface area contributed by atoms with E-state index in [0.717, 1.165) is 43.0 Å². The molecule has 1 saturated heterocycles. The quantitative estimate of drug-likeness (QED) is 0.473. The number of benzene rings is 1. The third kappa shape index (κ3) is 3.93. The molecule has 0 radical (unpaired) electrons. The Morgan fingerprint density at radius 3 is 2.68 bits per heavy atom. The fourth-order valence-electron chi connectivity index (χ4n) is 5.41. The lowest BCUT2D eigenvalue weighted by molar-refractivity contribution is -0.141. The van der Waals surface area contributed by atoms with Crippen molar-refractivity contribution in [1.82, 2.24) is 20.7 Å². The summed E-state index contributed by atoms with van der Waals surface area (Å²) < 4.78 is 5.18. The zero-order valence-electron chi connectivity index (χ0n) is 19.5. The SMILES string of the molecule is CC1CCC2(CC1)NC(=O)N(NC(=O)COC(=O)c1ccc3[nH]c4c(c3c1)CC(C)CC4)C2=O. The van der Waals surface area contributed by atoms with Crippen LogP contribution < -0.4 is 10.7 Å². The largest absolute Gasteiger partial charge is 0.452 e. The Morgan fingerprint density at radius 1 is 1.15 bits per heavy atom. The fourth-order valence-corrected chi connectivity index (χ4v) is 5.41. The number of fused-ring (bicyclic) bond motifs is 3. The van der Waals surface area contributed by atoms with Gasteiger partial charge in [-0.2, -0.15) is 5.01 Å². The number of imide groups is 1. The first-order valence-corrected chi connectivity index (χ1v) is 12.0. The van der Waals surface area contributed by atoms with Gasteiger partial charge >= 0.3 is 12.0 Å². The standard InChI is InChI=1S/C25H30N4O5/c1-14-7-9-25(10-8-14)23(32)29(24(33)27-25)28-21(30)13-34-22(31)16-4-6-20-18(12-16)17-11-15(2)3-5-19(17)26-20/h4,6,12,14-15,26H,3,5,7-11,13H2,1-2H3,(H,27,33)(H,28,30). The Labute approximate surface area is 197 Å². The summed E-state index contributed by atoms with van der Waals surface area (Å²) in [6, 6.07) is 4.66. The van der Waals surface area contributed by atoms with Crippen LogP contribution in [0, 0.1) is 11.8 Å². The van der Waals surface area contributed by atoms with Crippen molar-refractivity contribution in [1.29, 1.82) is 0 Å². The van der Waals surface area contributed by atoms with Gasteiger partial charge in [-0.15, -0.1) is 0 Å². The third-order valence-electron chi connectivity index (χ3n) is 7.53. The highest BCUT2D eigenvalue weighted by molar-refractivity contribution is 6.08. The van der Waals surface area contributed by atoms with E-state index in [0.29, 0.717) is 35.2 Å². The Morgan fingerprint density at radius 2 is 1.91 bits per heavy atom. The predicted octanol–water partition coefficient (Wildman–Crippen LogP) is 2.98. The summed E-state index contributed by atoms with van der Waals surface area (Å²) in [7, 11) is 0. The molecule has 1 aliphatic heterocycles. The number of carbonyl (C=O) groups excluding carboxylic acids is 4. The Kier molecular flexibility index (Phi) is 5.58. The van der Waals surface area contributed by atoms with Crippen molar-refractivity contribution in [2.75, 3.05) is 6.61 Å². The van der Waals surface area contributed by atoms with Gasteiger partial charge in [-0.1, -0.05) is 13.8 Å². The van der Waals surface area contributed by atoms with Crippen LogP contribution in [0.1, 0.15) is 67.6 Å². The molecule has 0 bridgehead atoms. The van der Waals surface area contributed by atoms with E-state index in [1.165, 1.54) is 11.3 Å². The molecule has 3 N–H and O–H groups in total. The molecule has 34 heavy (non-hydrogen) atoms. The van der Waals surface area contributed by atoms with Gasteiger partial charge in [-0.3, -0.25) is 15.0 Å². The summed E-state index contributed by atoms with van der Waals surface area (Å²) in [4.78, 5) is 53.6. The number of ether oxygens (including phenoxy) is 1. The number of urea groups is 1. The fraction of sp³-hybridized carbons (Fsp3) is 0.520. The zero-order valence-corrected chi connectivity index (χ0v) is 19.5. The molecule has 1 atom stereocenters. The maximum absolute atomic E-state index is 12.9. The molecule has 5 rings (SSSR count). The van der Waals surface area contributed by atoms with Crippen LogP contribution >= 0.6 is 0 Å².